The molecule has 0 saturated heterocycles. The van der Waals surface area contributed by atoms with Crippen molar-refractivity contribution in [2.24, 2.45) is 0 Å². The number of aromatic amines is 1. The summed E-state index contributed by atoms with van der Waals surface area (Å²) in [7, 11) is 0. The maximum absolute atomic E-state index is 13.2. The van der Waals surface area contributed by atoms with Crippen molar-refractivity contribution in [3.8, 4) is 11.4 Å². The highest BCUT2D eigenvalue weighted by Gasteiger charge is 2.07. The van der Waals surface area contributed by atoms with Gasteiger partial charge in [-0.1, -0.05) is 12.1 Å². The monoisotopic (exact) mass is 190 g/mol. The molecule has 14 heavy (non-hydrogen) atoms. The second-order valence-electron chi connectivity index (χ2n) is 3.33. The summed E-state index contributed by atoms with van der Waals surface area (Å²) in [4.78, 5) is 7.25. The van der Waals surface area contributed by atoms with Gasteiger partial charge in [0.2, 0.25) is 0 Å². The number of rotatable bonds is 1. The standard InChI is InChI=1S/C11H11FN2/c1-7-6-13-11(14-7)9-4-3-5-10(12)8(9)2/h3-6H,1-2H3,(H,13,14). The lowest BCUT2D eigenvalue weighted by Gasteiger charge is -2.02. The average molecular weight is 190 g/mol. The Balaban J connectivity index is 2.57. The predicted molar refractivity (Wildman–Crippen MR) is 53.5 cm³/mol. The first-order valence-corrected chi connectivity index (χ1v) is 4.45. The van der Waals surface area contributed by atoms with Gasteiger partial charge in [0.1, 0.15) is 11.6 Å². The number of hydrogen-bond donors (Lipinski definition) is 1. The van der Waals surface area contributed by atoms with Crippen molar-refractivity contribution in [2.75, 3.05) is 0 Å². The summed E-state index contributed by atoms with van der Waals surface area (Å²) in [6.45, 7) is 3.67. The second kappa shape index (κ2) is 3.25. The minimum atomic E-state index is -0.198. The molecule has 0 aliphatic carbocycles. The SMILES string of the molecule is Cc1cnc(-c2cccc(F)c2C)[nH]1. The second-order valence-corrected chi connectivity index (χ2v) is 3.33. The number of nitrogens with one attached hydrogen (secondary N) is 1. The number of halogens is 1. The molecule has 0 bridgehead atoms. The van der Waals surface area contributed by atoms with Crippen LogP contribution in [0.5, 0.6) is 0 Å². The number of aryl methyl sites for hydroxylation is 1. The van der Waals surface area contributed by atoms with Crippen molar-refractivity contribution in [1.82, 2.24) is 9.97 Å². The summed E-state index contributed by atoms with van der Waals surface area (Å²) in [5.74, 6) is 0.524. The highest BCUT2D eigenvalue weighted by molar-refractivity contribution is 5.60. The van der Waals surface area contributed by atoms with Crippen LogP contribution in [0.3, 0.4) is 0 Å². The van der Waals surface area contributed by atoms with Gasteiger partial charge in [0, 0.05) is 17.5 Å². The Labute approximate surface area is 81.8 Å². The van der Waals surface area contributed by atoms with Gasteiger partial charge in [0.15, 0.2) is 0 Å². The van der Waals surface area contributed by atoms with Crippen LogP contribution < -0.4 is 0 Å². The smallest absolute Gasteiger partial charge is 0.137 e. The number of aromatic nitrogens is 2. The molecule has 72 valence electrons. The van der Waals surface area contributed by atoms with Crippen LogP contribution in [0.1, 0.15) is 11.3 Å². The van der Waals surface area contributed by atoms with Crippen molar-refractivity contribution < 1.29 is 4.39 Å². The third-order valence-corrected chi connectivity index (χ3v) is 2.23. The Kier molecular flexibility index (Phi) is 2.08. The van der Waals surface area contributed by atoms with Gasteiger partial charge >= 0.3 is 0 Å². The van der Waals surface area contributed by atoms with E-state index < -0.39 is 0 Å². The fraction of sp³-hybridized carbons (Fsp3) is 0.182. The van der Waals surface area contributed by atoms with Gasteiger partial charge < -0.3 is 4.98 Å². The fourth-order valence-electron chi connectivity index (χ4n) is 1.41. The summed E-state index contributed by atoms with van der Waals surface area (Å²) >= 11 is 0. The first-order valence-electron chi connectivity index (χ1n) is 4.45. The van der Waals surface area contributed by atoms with Crippen LogP contribution in [0.4, 0.5) is 4.39 Å². The average Bonchev–Trinajstić information content (AvgIpc) is 2.57. The molecule has 3 heteroatoms. The Morgan fingerprint density at radius 2 is 2.07 bits per heavy atom. The van der Waals surface area contributed by atoms with Crippen LogP contribution in [-0.2, 0) is 0 Å². The van der Waals surface area contributed by atoms with E-state index in [2.05, 4.69) is 9.97 Å². The molecule has 0 aliphatic heterocycles. The van der Waals surface area contributed by atoms with Gasteiger partial charge in [-0.25, -0.2) is 9.37 Å². The first kappa shape index (κ1) is 8.94. The van der Waals surface area contributed by atoms with Crippen LogP contribution in [0.25, 0.3) is 11.4 Å². The number of imidazole rings is 1. The molecule has 0 spiro atoms. The molecule has 0 radical (unpaired) electrons. The summed E-state index contributed by atoms with van der Waals surface area (Å²) in [5.41, 5.74) is 2.42. The molecule has 2 rings (SSSR count). The van der Waals surface area contributed by atoms with Crippen LogP contribution in [0, 0.1) is 19.7 Å². The van der Waals surface area contributed by atoms with E-state index in [0.717, 1.165) is 17.1 Å². The minimum absolute atomic E-state index is 0.198. The lowest BCUT2D eigenvalue weighted by atomic mass is 10.1. The van der Waals surface area contributed by atoms with E-state index in [1.807, 2.05) is 13.0 Å². The summed E-state index contributed by atoms with van der Waals surface area (Å²) in [5, 5.41) is 0. The normalized spacial score (nSPS) is 10.5. The lowest BCUT2D eigenvalue weighted by molar-refractivity contribution is 0.619. The van der Waals surface area contributed by atoms with E-state index in [4.69, 9.17) is 0 Å². The van der Waals surface area contributed by atoms with Crippen molar-refractivity contribution >= 4 is 0 Å². The molecule has 1 heterocycles. The highest BCUT2D eigenvalue weighted by atomic mass is 19.1. The zero-order valence-electron chi connectivity index (χ0n) is 8.13. The van der Waals surface area contributed by atoms with Crippen LogP contribution >= 0.6 is 0 Å². The quantitative estimate of drug-likeness (QED) is 0.736. The summed E-state index contributed by atoms with van der Waals surface area (Å²) < 4.78 is 13.2. The van der Waals surface area contributed by atoms with Crippen molar-refractivity contribution in [3.05, 3.63) is 41.5 Å². The van der Waals surface area contributed by atoms with Gasteiger partial charge in [0.05, 0.1) is 0 Å². The molecule has 2 aromatic rings. The number of H-pyrrole nitrogens is 1. The zero-order valence-corrected chi connectivity index (χ0v) is 8.13. The number of benzene rings is 1. The van der Waals surface area contributed by atoms with E-state index in [1.54, 1.807) is 19.2 Å². The van der Waals surface area contributed by atoms with Gasteiger partial charge in [-0.2, -0.15) is 0 Å². The van der Waals surface area contributed by atoms with Crippen molar-refractivity contribution in [3.63, 3.8) is 0 Å². The van der Waals surface area contributed by atoms with E-state index in [0.29, 0.717) is 5.56 Å². The number of nitrogens with zero attached hydrogens (tertiary/aromatic N) is 1. The van der Waals surface area contributed by atoms with E-state index >= 15 is 0 Å². The largest absolute Gasteiger partial charge is 0.342 e. The molecule has 0 aliphatic rings. The highest BCUT2D eigenvalue weighted by Crippen LogP contribution is 2.21. The van der Waals surface area contributed by atoms with Gasteiger partial charge in [-0.15, -0.1) is 0 Å². The lowest BCUT2D eigenvalue weighted by Crippen LogP contribution is -1.89. The van der Waals surface area contributed by atoms with Crippen molar-refractivity contribution in [2.45, 2.75) is 13.8 Å². The van der Waals surface area contributed by atoms with Gasteiger partial charge in [-0.3, -0.25) is 0 Å². The van der Waals surface area contributed by atoms with Gasteiger partial charge in [0.25, 0.3) is 0 Å². The summed E-state index contributed by atoms with van der Waals surface area (Å²) in [6.07, 6.45) is 1.74. The predicted octanol–water partition coefficient (Wildman–Crippen LogP) is 2.83. The molecular weight excluding hydrogens is 179 g/mol. The Morgan fingerprint density at radius 1 is 1.29 bits per heavy atom. The van der Waals surface area contributed by atoms with E-state index in [9.17, 15) is 4.39 Å². The molecule has 0 amide bonds. The van der Waals surface area contributed by atoms with Gasteiger partial charge in [-0.05, 0) is 25.5 Å². The molecule has 0 atom stereocenters. The molecule has 1 aromatic carbocycles. The Morgan fingerprint density at radius 3 is 2.71 bits per heavy atom. The molecule has 0 fully saturated rings. The van der Waals surface area contributed by atoms with Crippen LogP contribution in [0.15, 0.2) is 24.4 Å². The number of hydrogen-bond acceptors (Lipinski definition) is 1. The Hall–Kier alpha value is -1.64. The van der Waals surface area contributed by atoms with Crippen LogP contribution in [0.2, 0.25) is 0 Å². The first-order chi connectivity index (χ1) is 6.68. The maximum atomic E-state index is 13.2. The van der Waals surface area contributed by atoms with Crippen molar-refractivity contribution in [1.29, 1.82) is 0 Å². The molecule has 1 N–H and O–H groups in total. The minimum Gasteiger partial charge on any atom is -0.342 e. The maximum Gasteiger partial charge on any atom is 0.137 e. The topological polar surface area (TPSA) is 28.7 Å². The third kappa shape index (κ3) is 1.41. The van der Waals surface area contributed by atoms with E-state index in [-0.39, 0.29) is 5.82 Å². The molecule has 0 saturated carbocycles. The molecular formula is C11H11FN2. The Bertz CT molecular complexity index is 460. The molecule has 0 unspecified atom stereocenters. The molecule has 2 nitrogen and oxygen atoms in total. The fourth-order valence-corrected chi connectivity index (χ4v) is 1.41. The zero-order chi connectivity index (χ0) is 10.1. The molecule has 1 aromatic heterocycles. The van der Waals surface area contributed by atoms with Crippen LogP contribution in [-0.4, -0.2) is 9.97 Å². The summed E-state index contributed by atoms with van der Waals surface area (Å²) in [6, 6.07) is 5.00. The third-order valence-electron chi connectivity index (χ3n) is 2.23. The van der Waals surface area contributed by atoms with E-state index in [1.165, 1.54) is 6.07 Å².